The van der Waals surface area contributed by atoms with Crippen LogP contribution in [0.2, 0.25) is 0 Å². The van der Waals surface area contributed by atoms with Crippen LogP contribution >= 0.6 is 23.5 Å². The summed E-state index contributed by atoms with van der Waals surface area (Å²) in [4.78, 5) is 24.7. The summed E-state index contributed by atoms with van der Waals surface area (Å²) < 4.78 is 0. The molecule has 4 rings (SSSR count). The Hall–Kier alpha value is -3.96. The Balaban J connectivity index is 1.55. The largest absolute Gasteiger partial charge is 0.300 e. The summed E-state index contributed by atoms with van der Waals surface area (Å²) in [5.41, 5.74) is 10.6. The fourth-order valence-electron chi connectivity index (χ4n) is 3.00. The second kappa shape index (κ2) is 10.6. The highest BCUT2D eigenvalue weighted by molar-refractivity contribution is 7.99. The summed E-state index contributed by atoms with van der Waals surface area (Å²) in [6.07, 6.45) is 0. The SMILES string of the molecule is N#Cc1c(-c2ccc(Sc3ccccc3)cc2)nc(SCc2ccc(N=[N+]=[N-])cc2)[nH]c1=O. The first kappa shape index (κ1) is 22.2. The number of nitriles is 1. The number of thioether (sulfide) groups is 1. The Labute approximate surface area is 198 Å². The van der Waals surface area contributed by atoms with Crippen molar-refractivity contribution >= 4 is 29.2 Å². The van der Waals surface area contributed by atoms with Crippen LogP contribution in [0.15, 0.2) is 104 Å². The number of H-pyrrole nitrogens is 1. The van der Waals surface area contributed by atoms with Crippen molar-refractivity contribution in [3.05, 3.63) is 111 Å². The van der Waals surface area contributed by atoms with E-state index in [2.05, 4.69) is 20.0 Å². The lowest BCUT2D eigenvalue weighted by Crippen LogP contribution is -2.14. The second-order valence-electron chi connectivity index (χ2n) is 6.79. The van der Waals surface area contributed by atoms with Gasteiger partial charge in [-0.05, 0) is 35.4 Å². The highest BCUT2D eigenvalue weighted by atomic mass is 32.2. The summed E-state index contributed by atoms with van der Waals surface area (Å²) in [6, 6.07) is 26.8. The minimum absolute atomic E-state index is 0.0125. The van der Waals surface area contributed by atoms with Gasteiger partial charge < -0.3 is 4.98 Å². The number of hydrogen-bond donors (Lipinski definition) is 1. The first-order valence-corrected chi connectivity index (χ1v) is 11.6. The number of azide groups is 1. The molecule has 0 bridgehead atoms. The fraction of sp³-hybridized carbons (Fsp3) is 0.0417. The van der Waals surface area contributed by atoms with Gasteiger partial charge in [0.2, 0.25) is 0 Å². The Morgan fingerprint density at radius 2 is 1.70 bits per heavy atom. The van der Waals surface area contributed by atoms with Crippen LogP contribution in [-0.2, 0) is 5.75 Å². The number of rotatable bonds is 7. The second-order valence-corrected chi connectivity index (χ2v) is 8.90. The van der Waals surface area contributed by atoms with Gasteiger partial charge in [-0.25, -0.2) is 4.98 Å². The molecule has 1 heterocycles. The summed E-state index contributed by atoms with van der Waals surface area (Å²) in [5, 5.41) is 13.5. The lowest BCUT2D eigenvalue weighted by atomic mass is 10.1. The summed E-state index contributed by atoms with van der Waals surface area (Å²) in [7, 11) is 0. The molecule has 0 spiro atoms. The van der Waals surface area contributed by atoms with Gasteiger partial charge >= 0.3 is 0 Å². The Bertz CT molecular complexity index is 1410. The monoisotopic (exact) mass is 468 g/mol. The molecule has 33 heavy (non-hydrogen) atoms. The molecule has 0 fully saturated rings. The minimum Gasteiger partial charge on any atom is -0.300 e. The zero-order valence-corrected chi connectivity index (χ0v) is 18.8. The third kappa shape index (κ3) is 5.64. The molecule has 0 amide bonds. The summed E-state index contributed by atoms with van der Waals surface area (Å²) in [5.74, 6) is 0.553. The predicted molar refractivity (Wildman–Crippen MR) is 130 cm³/mol. The van der Waals surface area contributed by atoms with Gasteiger partial charge in [-0.15, -0.1) is 0 Å². The zero-order valence-electron chi connectivity index (χ0n) is 17.2. The van der Waals surface area contributed by atoms with Gasteiger partial charge in [-0.3, -0.25) is 4.79 Å². The average molecular weight is 469 g/mol. The first-order valence-electron chi connectivity index (χ1n) is 9.81. The summed E-state index contributed by atoms with van der Waals surface area (Å²) in [6.45, 7) is 0. The molecule has 9 heteroatoms. The van der Waals surface area contributed by atoms with Crippen LogP contribution in [0.3, 0.4) is 0 Å². The molecule has 0 unspecified atom stereocenters. The van der Waals surface area contributed by atoms with Crippen molar-refractivity contribution in [3.8, 4) is 17.3 Å². The maximum Gasteiger partial charge on any atom is 0.270 e. The van der Waals surface area contributed by atoms with E-state index >= 15 is 0 Å². The summed E-state index contributed by atoms with van der Waals surface area (Å²) >= 11 is 2.99. The van der Waals surface area contributed by atoms with Crippen molar-refractivity contribution in [2.45, 2.75) is 20.7 Å². The van der Waals surface area contributed by atoms with Crippen molar-refractivity contribution in [3.63, 3.8) is 0 Å². The molecular weight excluding hydrogens is 452 g/mol. The molecule has 3 aromatic carbocycles. The maximum atomic E-state index is 12.5. The van der Waals surface area contributed by atoms with Crippen molar-refractivity contribution in [2.75, 3.05) is 0 Å². The van der Waals surface area contributed by atoms with Crippen LogP contribution in [0.5, 0.6) is 0 Å². The highest BCUT2D eigenvalue weighted by Crippen LogP contribution is 2.30. The van der Waals surface area contributed by atoms with Crippen LogP contribution < -0.4 is 5.56 Å². The average Bonchev–Trinajstić information content (AvgIpc) is 2.84. The van der Waals surface area contributed by atoms with Crippen LogP contribution in [-0.4, -0.2) is 9.97 Å². The molecule has 0 saturated carbocycles. The normalized spacial score (nSPS) is 10.3. The fourth-order valence-corrected chi connectivity index (χ4v) is 4.66. The number of nitrogens with one attached hydrogen (secondary N) is 1. The number of nitrogens with zero attached hydrogens (tertiary/aromatic N) is 5. The molecular formula is C24H16N6OS2. The predicted octanol–water partition coefficient (Wildman–Crippen LogP) is 6.69. The van der Waals surface area contributed by atoms with Gasteiger partial charge in [0.25, 0.3) is 5.56 Å². The van der Waals surface area contributed by atoms with Crippen LogP contribution in [0.25, 0.3) is 21.7 Å². The van der Waals surface area contributed by atoms with Crippen molar-refractivity contribution < 1.29 is 0 Å². The van der Waals surface area contributed by atoms with E-state index in [1.54, 1.807) is 23.9 Å². The van der Waals surface area contributed by atoms with Gasteiger partial charge in [0.15, 0.2) is 5.16 Å². The van der Waals surface area contributed by atoms with E-state index in [4.69, 9.17) is 5.53 Å². The molecule has 0 saturated heterocycles. The van der Waals surface area contributed by atoms with Crippen LogP contribution in [0.1, 0.15) is 11.1 Å². The van der Waals surface area contributed by atoms with E-state index in [1.165, 1.54) is 11.8 Å². The lowest BCUT2D eigenvalue weighted by Gasteiger charge is -2.08. The molecule has 0 aliphatic rings. The quantitative estimate of drug-likeness (QED) is 0.106. The highest BCUT2D eigenvalue weighted by Gasteiger charge is 2.14. The van der Waals surface area contributed by atoms with Gasteiger partial charge in [0, 0.05) is 31.7 Å². The number of aromatic nitrogens is 2. The van der Waals surface area contributed by atoms with Crippen LogP contribution in [0.4, 0.5) is 5.69 Å². The minimum atomic E-state index is -0.466. The Morgan fingerprint density at radius 1 is 1.00 bits per heavy atom. The lowest BCUT2D eigenvalue weighted by molar-refractivity contribution is 0.934. The van der Waals surface area contributed by atoms with Gasteiger partial charge in [-0.2, -0.15) is 5.26 Å². The van der Waals surface area contributed by atoms with Crippen LogP contribution in [0, 0.1) is 11.3 Å². The molecule has 0 atom stereocenters. The molecule has 0 aliphatic heterocycles. The van der Waals surface area contributed by atoms with Gasteiger partial charge in [-0.1, -0.05) is 83.2 Å². The number of benzene rings is 3. The zero-order chi connectivity index (χ0) is 23.0. The molecule has 160 valence electrons. The van der Waals surface area contributed by atoms with Crippen molar-refractivity contribution in [1.29, 1.82) is 5.26 Å². The molecule has 1 N–H and O–H groups in total. The maximum absolute atomic E-state index is 12.5. The number of hydrogen-bond acceptors (Lipinski definition) is 6. The van der Waals surface area contributed by atoms with Crippen molar-refractivity contribution in [2.24, 2.45) is 5.11 Å². The molecule has 4 aromatic rings. The van der Waals surface area contributed by atoms with E-state index in [-0.39, 0.29) is 5.56 Å². The molecule has 7 nitrogen and oxygen atoms in total. The Morgan fingerprint density at radius 3 is 2.36 bits per heavy atom. The van der Waals surface area contributed by atoms with E-state index in [9.17, 15) is 10.1 Å². The topological polar surface area (TPSA) is 118 Å². The van der Waals surface area contributed by atoms with E-state index < -0.39 is 5.56 Å². The molecule has 1 aromatic heterocycles. The van der Waals surface area contributed by atoms with E-state index in [0.29, 0.717) is 27.9 Å². The van der Waals surface area contributed by atoms with Gasteiger partial charge in [0.05, 0.1) is 5.69 Å². The third-order valence-electron chi connectivity index (χ3n) is 4.59. The Kier molecular flexibility index (Phi) is 7.12. The first-order chi connectivity index (χ1) is 16.2. The standard InChI is InChI=1S/C24H16N6OS2/c25-14-21-22(17-8-12-20(13-9-17)33-19-4-2-1-3-5-19)27-24(28-23(21)31)32-15-16-6-10-18(11-7-16)29-30-26/h1-13H,15H2,(H,27,28,31). The van der Waals surface area contributed by atoms with Gasteiger partial charge in [0.1, 0.15) is 11.6 Å². The van der Waals surface area contributed by atoms with E-state index in [1.807, 2.05) is 72.8 Å². The van der Waals surface area contributed by atoms with E-state index in [0.717, 1.165) is 15.4 Å². The number of aromatic amines is 1. The molecule has 0 aliphatic carbocycles. The smallest absolute Gasteiger partial charge is 0.270 e. The molecule has 0 radical (unpaired) electrons. The van der Waals surface area contributed by atoms with Crippen molar-refractivity contribution in [1.82, 2.24) is 9.97 Å². The third-order valence-corrected chi connectivity index (χ3v) is 6.55.